The smallest absolute Gasteiger partial charge is 0.240 e. The van der Waals surface area contributed by atoms with Crippen LogP contribution in [0.5, 0.6) is 5.75 Å². The molecule has 0 aliphatic heterocycles. The minimum absolute atomic E-state index is 0.0840. The van der Waals surface area contributed by atoms with Gasteiger partial charge in [0.1, 0.15) is 11.0 Å². The Hall–Kier alpha value is -2.80. The molecule has 7 heteroatoms. The monoisotopic (exact) mass is 424 g/mol. The largest absolute Gasteiger partial charge is 0.496 e. The molecule has 1 unspecified atom stereocenters. The molecule has 0 saturated heterocycles. The lowest BCUT2D eigenvalue weighted by molar-refractivity contribution is -0.130. The molecule has 1 aromatic heterocycles. The van der Waals surface area contributed by atoms with Crippen LogP contribution in [0.2, 0.25) is 0 Å². The summed E-state index contributed by atoms with van der Waals surface area (Å²) in [6.45, 7) is 8.09. The topological polar surface area (TPSA) is 60.3 Å². The highest BCUT2D eigenvalue weighted by atomic mass is 32.2. The molecular weight excluding hydrogens is 396 g/mol. The normalized spacial score (nSPS) is 11.9. The van der Waals surface area contributed by atoms with E-state index in [1.54, 1.807) is 7.11 Å². The second kappa shape index (κ2) is 10.3. The van der Waals surface area contributed by atoms with Gasteiger partial charge in [0.15, 0.2) is 11.0 Å². The number of amides is 1. The van der Waals surface area contributed by atoms with Gasteiger partial charge >= 0.3 is 0 Å². The predicted octanol–water partition coefficient (Wildman–Crippen LogP) is 4.68. The zero-order valence-electron chi connectivity index (χ0n) is 17.9. The van der Waals surface area contributed by atoms with Crippen LogP contribution in [-0.4, -0.2) is 45.8 Å². The Bertz CT molecular complexity index is 970. The summed E-state index contributed by atoms with van der Waals surface area (Å²) in [5.41, 5.74) is 1.84. The first-order valence-electron chi connectivity index (χ1n) is 10.2. The Balaban J connectivity index is 2.01. The molecule has 3 aromatic rings. The van der Waals surface area contributed by atoms with E-state index in [0.717, 1.165) is 22.7 Å². The van der Waals surface area contributed by atoms with Crippen molar-refractivity contribution in [2.24, 2.45) is 0 Å². The van der Waals surface area contributed by atoms with Crippen LogP contribution in [0.1, 0.15) is 31.6 Å². The van der Waals surface area contributed by atoms with Crippen LogP contribution in [-0.2, 0) is 11.3 Å². The molecule has 0 aliphatic carbocycles. The van der Waals surface area contributed by atoms with E-state index in [9.17, 15) is 4.79 Å². The van der Waals surface area contributed by atoms with Gasteiger partial charge in [-0.2, -0.15) is 0 Å². The first-order chi connectivity index (χ1) is 14.6. The van der Waals surface area contributed by atoms with E-state index in [1.807, 2.05) is 77.9 Å². The van der Waals surface area contributed by atoms with E-state index in [1.165, 1.54) is 11.8 Å². The molecule has 0 fully saturated rings. The standard InChI is InChI=1S/C23H28N4O2S/c1-5-26(6-2)22(28)20(17-13-9-8-10-14-17)30-23-25-24-21(27(23)7-3)18-15-11-12-16-19(18)29-4/h8-16,20H,5-7H2,1-4H3. The van der Waals surface area contributed by atoms with Crippen molar-refractivity contribution in [1.29, 1.82) is 0 Å². The van der Waals surface area contributed by atoms with Gasteiger partial charge < -0.3 is 14.2 Å². The fourth-order valence-electron chi connectivity index (χ4n) is 3.38. The van der Waals surface area contributed by atoms with E-state index >= 15 is 0 Å². The molecule has 6 nitrogen and oxygen atoms in total. The quantitative estimate of drug-likeness (QED) is 0.467. The fraction of sp³-hybridized carbons (Fsp3) is 0.348. The molecule has 1 atom stereocenters. The molecule has 3 rings (SSSR count). The maximum absolute atomic E-state index is 13.3. The molecule has 158 valence electrons. The summed E-state index contributed by atoms with van der Waals surface area (Å²) >= 11 is 1.45. The minimum Gasteiger partial charge on any atom is -0.496 e. The van der Waals surface area contributed by atoms with Crippen molar-refractivity contribution in [3.05, 3.63) is 60.2 Å². The zero-order valence-corrected chi connectivity index (χ0v) is 18.7. The highest BCUT2D eigenvalue weighted by Crippen LogP contribution is 2.38. The minimum atomic E-state index is -0.383. The third-order valence-corrected chi connectivity index (χ3v) is 6.23. The molecule has 0 bridgehead atoms. The van der Waals surface area contributed by atoms with Gasteiger partial charge in [-0.25, -0.2) is 0 Å². The number of hydrogen-bond donors (Lipinski definition) is 0. The van der Waals surface area contributed by atoms with Crippen molar-refractivity contribution >= 4 is 17.7 Å². The molecule has 0 radical (unpaired) electrons. The predicted molar refractivity (Wildman–Crippen MR) is 121 cm³/mol. The van der Waals surface area contributed by atoms with Gasteiger partial charge in [0.2, 0.25) is 5.91 Å². The molecule has 0 aliphatic rings. The summed E-state index contributed by atoms with van der Waals surface area (Å²) in [4.78, 5) is 15.2. The third kappa shape index (κ3) is 4.51. The van der Waals surface area contributed by atoms with Crippen LogP contribution in [0, 0.1) is 0 Å². The maximum atomic E-state index is 13.3. The molecule has 1 amide bonds. The number of rotatable bonds is 9. The van der Waals surface area contributed by atoms with Crippen molar-refractivity contribution in [3.8, 4) is 17.1 Å². The van der Waals surface area contributed by atoms with Crippen molar-refractivity contribution in [2.75, 3.05) is 20.2 Å². The van der Waals surface area contributed by atoms with Gasteiger partial charge in [0.25, 0.3) is 0 Å². The first kappa shape index (κ1) is 21.9. The highest BCUT2D eigenvalue weighted by Gasteiger charge is 2.28. The van der Waals surface area contributed by atoms with Crippen LogP contribution in [0.15, 0.2) is 59.8 Å². The number of para-hydroxylation sites is 1. The summed E-state index contributed by atoms with van der Waals surface area (Å²) in [7, 11) is 1.65. The highest BCUT2D eigenvalue weighted by molar-refractivity contribution is 8.00. The first-order valence-corrected chi connectivity index (χ1v) is 11.1. The van der Waals surface area contributed by atoms with Crippen LogP contribution in [0.4, 0.5) is 0 Å². The number of ether oxygens (including phenoxy) is 1. The number of methoxy groups -OCH3 is 1. The second-order valence-corrected chi connectivity index (χ2v) is 7.74. The molecule has 2 aromatic carbocycles. The van der Waals surface area contributed by atoms with E-state index in [-0.39, 0.29) is 11.2 Å². The van der Waals surface area contributed by atoms with E-state index in [2.05, 4.69) is 17.1 Å². The molecule has 0 saturated carbocycles. The van der Waals surface area contributed by atoms with Gasteiger partial charge in [-0.1, -0.05) is 54.2 Å². The number of carbonyl (C=O) groups excluding carboxylic acids is 1. The van der Waals surface area contributed by atoms with Crippen LogP contribution >= 0.6 is 11.8 Å². The summed E-state index contributed by atoms with van der Waals surface area (Å²) in [6, 6.07) is 17.6. The summed E-state index contributed by atoms with van der Waals surface area (Å²) in [5, 5.41) is 9.22. The summed E-state index contributed by atoms with van der Waals surface area (Å²) < 4.78 is 7.54. The Morgan fingerprint density at radius 2 is 1.70 bits per heavy atom. The SMILES string of the molecule is CCN(CC)C(=O)C(Sc1nnc(-c2ccccc2OC)n1CC)c1ccccc1. The number of likely N-dealkylation sites (N-methyl/N-ethyl adjacent to an activating group) is 1. The number of aromatic nitrogens is 3. The fourth-order valence-corrected chi connectivity index (χ4v) is 4.57. The van der Waals surface area contributed by atoms with Crippen LogP contribution in [0.3, 0.4) is 0 Å². The van der Waals surface area contributed by atoms with E-state index < -0.39 is 0 Å². The van der Waals surface area contributed by atoms with Gasteiger partial charge in [-0.15, -0.1) is 10.2 Å². The van der Waals surface area contributed by atoms with Crippen molar-refractivity contribution in [2.45, 2.75) is 37.7 Å². The van der Waals surface area contributed by atoms with Gasteiger partial charge in [0.05, 0.1) is 12.7 Å². The Morgan fingerprint density at radius 3 is 2.33 bits per heavy atom. The van der Waals surface area contributed by atoms with Crippen LogP contribution in [0.25, 0.3) is 11.4 Å². The lowest BCUT2D eigenvalue weighted by Gasteiger charge is -2.25. The van der Waals surface area contributed by atoms with Crippen molar-refractivity contribution in [1.82, 2.24) is 19.7 Å². The van der Waals surface area contributed by atoms with Crippen LogP contribution < -0.4 is 4.74 Å². The lowest BCUT2D eigenvalue weighted by Crippen LogP contribution is -2.34. The Labute approximate surface area is 182 Å². The Morgan fingerprint density at radius 1 is 1.03 bits per heavy atom. The summed E-state index contributed by atoms with van der Waals surface area (Å²) in [5.74, 6) is 1.57. The molecule has 0 spiro atoms. The Kier molecular flexibility index (Phi) is 7.52. The molecular formula is C23H28N4O2S. The average Bonchev–Trinajstić information content (AvgIpc) is 3.21. The number of nitrogens with zero attached hydrogens (tertiary/aromatic N) is 4. The number of benzene rings is 2. The van der Waals surface area contributed by atoms with Gasteiger partial charge in [0, 0.05) is 19.6 Å². The molecule has 1 heterocycles. The average molecular weight is 425 g/mol. The number of hydrogen-bond acceptors (Lipinski definition) is 5. The third-order valence-electron chi connectivity index (χ3n) is 5.01. The lowest BCUT2D eigenvalue weighted by atomic mass is 10.1. The summed E-state index contributed by atoms with van der Waals surface area (Å²) in [6.07, 6.45) is 0. The molecule has 0 N–H and O–H groups in total. The van der Waals surface area contributed by atoms with E-state index in [4.69, 9.17) is 4.74 Å². The van der Waals surface area contributed by atoms with Crippen molar-refractivity contribution < 1.29 is 9.53 Å². The second-order valence-electron chi connectivity index (χ2n) is 6.67. The van der Waals surface area contributed by atoms with E-state index in [0.29, 0.717) is 24.8 Å². The number of carbonyl (C=O) groups is 1. The molecule has 30 heavy (non-hydrogen) atoms. The number of thioether (sulfide) groups is 1. The van der Waals surface area contributed by atoms with Crippen molar-refractivity contribution in [3.63, 3.8) is 0 Å². The zero-order chi connectivity index (χ0) is 21.5. The maximum Gasteiger partial charge on any atom is 0.240 e. The van der Waals surface area contributed by atoms with Gasteiger partial charge in [-0.05, 0) is 38.5 Å². The van der Waals surface area contributed by atoms with Gasteiger partial charge in [-0.3, -0.25) is 4.79 Å².